The van der Waals surface area contributed by atoms with Gasteiger partial charge < -0.3 is 28.5 Å². The molecule has 1 atom stereocenters. The van der Waals surface area contributed by atoms with Gasteiger partial charge in [0, 0.05) is 31.0 Å². The van der Waals surface area contributed by atoms with Gasteiger partial charge in [0.25, 0.3) is 0 Å². The lowest BCUT2D eigenvalue weighted by Gasteiger charge is -2.28. The number of para-hydroxylation sites is 1. The molecule has 1 aromatic carbocycles. The van der Waals surface area contributed by atoms with Gasteiger partial charge in [0.05, 0.1) is 25.2 Å². The number of benzene rings is 1. The molecule has 1 saturated heterocycles. The summed E-state index contributed by atoms with van der Waals surface area (Å²) >= 11 is 0. The Hall–Kier alpha value is -3.92. The fourth-order valence-electron chi connectivity index (χ4n) is 3.93. The van der Waals surface area contributed by atoms with Crippen LogP contribution in [0.5, 0.6) is 5.75 Å². The summed E-state index contributed by atoms with van der Waals surface area (Å²) in [6.07, 6.45) is -0.283. The zero-order chi connectivity index (χ0) is 25.1. The molecule has 1 fully saturated rings. The molecule has 2 aromatic heterocycles. The molecule has 1 aliphatic heterocycles. The maximum Gasteiger partial charge on any atom is 0.343 e. The molecule has 184 valence electrons. The molecule has 0 bridgehead atoms. The van der Waals surface area contributed by atoms with Crippen LogP contribution in [-0.2, 0) is 19.1 Å². The van der Waals surface area contributed by atoms with Crippen LogP contribution in [-0.4, -0.2) is 55.0 Å². The summed E-state index contributed by atoms with van der Waals surface area (Å²) in [7, 11) is 0. The smallest absolute Gasteiger partial charge is 0.343 e. The largest absolute Gasteiger partial charge is 0.453 e. The van der Waals surface area contributed by atoms with Gasteiger partial charge in [-0.05, 0) is 26.0 Å². The number of fused-ring (bicyclic) bond motifs is 1. The van der Waals surface area contributed by atoms with Crippen molar-refractivity contribution in [3.8, 4) is 17.3 Å². The van der Waals surface area contributed by atoms with Gasteiger partial charge in [-0.2, -0.15) is 0 Å². The topological polar surface area (TPSA) is 128 Å². The Morgan fingerprint density at radius 2 is 1.80 bits per heavy atom. The van der Waals surface area contributed by atoms with Crippen molar-refractivity contribution in [2.24, 2.45) is 0 Å². The lowest BCUT2D eigenvalue weighted by molar-refractivity contribution is -0.144. The van der Waals surface area contributed by atoms with Crippen LogP contribution in [0.4, 0.5) is 0 Å². The van der Waals surface area contributed by atoms with E-state index in [0.717, 1.165) is 5.39 Å². The van der Waals surface area contributed by atoms with Crippen LogP contribution in [0, 0.1) is 13.8 Å². The summed E-state index contributed by atoms with van der Waals surface area (Å²) in [6.45, 7) is 5.96. The van der Waals surface area contributed by atoms with E-state index in [1.807, 2.05) is 18.2 Å². The Morgan fingerprint density at radius 3 is 2.49 bits per heavy atom. The Balaban J connectivity index is 1.62. The fraction of sp³-hybridized carbons (Fsp3) is 0.360. The van der Waals surface area contributed by atoms with E-state index >= 15 is 0 Å². The van der Waals surface area contributed by atoms with Crippen LogP contribution in [0.2, 0.25) is 0 Å². The highest BCUT2D eigenvalue weighted by atomic mass is 16.5. The third kappa shape index (κ3) is 5.27. The summed E-state index contributed by atoms with van der Waals surface area (Å²) in [5.74, 6) is -1.25. The van der Waals surface area contributed by atoms with Crippen LogP contribution in [0.3, 0.4) is 0 Å². The van der Waals surface area contributed by atoms with Crippen molar-refractivity contribution < 1.29 is 32.7 Å². The second kappa shape index (κ2) is 10.1. The van der Waals surface area contributed by atoms with Gasteiger partial charge in [0.1, 0.15) is 17.4 Å². The summed E-state index contributed by atoms with van der Waals surface area (Å²) in [6, 6.07) is 7.81. The van der Waals surface area contributed by atoms with Crippen molar-refractivity contribution in [2.75, 3.05) is 26.3 Å². The highest BCUT2D eigenvalue weighted by Gasteiger charge is 2.30. The number of nitrogens with one attached hydrogen (secondary N) is 1. The summed E-state index contributed by atoms with van der Waals surface area (Å²) in [5.41, 5.74) is 0.359. The van der Waals surface area contributed by atoms with Gasteiger partial charge in [0.15, 0.2) is 11.5 Å². The molecule has 2 amide bonds. The van der Waals surface area contributed by atoms with Gasteiger partial charge in [-0.1, -0.05) is 18.2 Å². The number of hydrogen-bond donors (Lipinski definition) is 1. The first-order valence-corrected chi connectivity index (χ1v) is 11.2. The summed E-state index contributed by atoms with van der Waals surface area (Å²) in [5, 5.41) is 3.29. The van der Waals surface area contributed by atoms with Crippen LogP contribution < -0.4 is 15.7 Å². The average molecular weight is 482 g/mol. The SMILES string of the molecule is CC(=O)NC(CC(=O)N1CCOCC1)C(=O)Oc1c(C)c(-c2cc3ccccc3o2)oc(=O)c1C. The second-order valence-electron chi connectivity index (χ2n) is 8.32. The van der Waals surface area contributed by atoms with Gasteiger partial charge in [-0.25, -0.2) is 9.59 Å². The van der Waals surface area contributed by atoms with Crippen LogP contribution >= 0.6 is 0 Å². The number of ether oxygens (including phenoxy) is 2. The van der Waals surface area contributed by atoms with Crippen molar-refractivity contribution in [2.45, 2.75) is 33.2 Å². The minimum absolute atomic E-state index is 0.00382. The minimum atomic E-state index is -1.23. The predicted octanol–water partition coefficient (Wildman–Crippen LogP) is 2.33. The highest BCUT2D eigenvalue weighted by Crippen LogP contribution is 2.34. The third-order valence-electron chi connectivity index (χ3n) is 5.78. The Kier molecular flexibility index (Phi) is 7.02. The lowest BCUT2D eigenvalue weighted by Crippen LogP contribution is -2.48. The molecule has 35 heavy (non-hydrogen) atoms. The standard InChI is InChI=1S/C25H26N2O8/c1-14-22(15(2)24(30)35-23(14)20-12-17-6-4-5-7-19(17)33-20)34-25(31)18(26-16(3)28)13-21(29)27-8-10-32-11-9-27/h4-7,12,18H,8-11,13H2,1-3H3,(H,26,28). The van der Waals surface area contributed by atoms with Crippen molar-refractivity contribution >= 4 is 28.8 Å². The molecule has 1 aliphatic rings. The molecule has 0 radical (unpaired) electrons. The van der Waals surface area contributed by atoms with Crippen LogP contribution in [0.25, 0.3) is 22.5 Å². The zero-order valence-corrected chi connectivity index (χ0v) is 19.7. The van der Waals surface area contributed by atoms with Crippen molar-refractivity contribution in [1.82, 2.24) is 10.2 Å². The average Bonchev–Trinajstić information content (AvgIpc) is 3.27. The molecule has 0 spiro atoms. The van der Waals surface area contributed by atoms with E-state index in [2.05, 4.69) is 5.32 Å². The van der Waals surface area contributed by atoms with Gasteiger partial charge >= 0.3 is 11.6 Å². The first-order chi connectivity index (χ1) is 16.7. The number of esters is 1. The Labute approximate surface area is 200 Å². The monoisotopic (exact) mass is 482 g/mol. The number of nitrogens with zero attached hydrogens (tertiary/aromatic N) is 1. The molecule has 1 unspecified atom stereocenters. The number of furan rings is 1. The molecule has 10 heteroatoms. The highest BCUT2D eigenvalue weighted by molar-refractivity contribution is 5.90. The number of amides is 2. The molecular formula is C25H26N2O8. The number of carbonyl (C=O) groups is 3. The number of morpholine rings is 1. The van der Waals surface area contributed by atoms with Crippen molar-refractivity contribution in [1.29, 1.82) is 0 Å². The molecular weight excluding hydrogens is 456 g/mol. The molecule has 10 nitrogen and oxygen atoms in total. The van der Waals surface area contributed by atoms with E-state index in [1.165, 1.54) is 13.8 Å². The second-order valence-corrected chi connectivity index (χ2v) is 8.32. The van der Waals surface area contributed by atoms with E-state index in [0.29, 0.717) is 43.2 Å². The Morgan fingerprint density at radius 1 is 1.09 bits per heavy atom. The quantitative estimate of drug-likeness (QED) is 0.530. The van der Waals surface area contributed by atoms with Gasteiger partial charge in [0.2, 0.25) is 11.8 Å². The van der Waals surface area contributed by atoms with Crippen LogP contribution in [0.15, 0.2) is 44.0 Å². The lowest BCUT2D eigenvalue weighted by atomic mass is 10.1. The van der Waals surface area contributed by atoms with Crippen molar-refractivity contribution in [3.63, 3.8) is 0 Å². The van der Waals surface area contributed by atoms with E-state index in [4.69, 9.17) is 18.3 Å². The number of hydrogen-bond acceptors (Lipinski definition) is 8. The third-order valence-corrected chi connectivity index (χ3v) is 5.78. The van der Waals surface area contributed by atoms with Gasteiger partial charge in [-0.15, -0.1) is 0 Å². The first kappa shape index (κ1) is 24.2. The molecule has 3 heterocycles. The summed E-state index contributed by atoms with van der Waals surface area (Å²) < 4.78 is 22.1. The normalized spacial score (nSPS) is 14.5. The van der Waals surface area contributed by atoms with E-state index in [-0.39, 0.29) is 29.4 Å². The van der Waals surface area contributed by atoms with Crippen LogP contribution in [0.1, 0.15) is 24.5 Å². The molecule has 0 aliphatic carbocycles. The van der Waals surface area contributed by atoms with E-state index < -0.39 is 23.5 Å². The fourth-order valence-corrected chi connectivity index (χ4v) is 3.93. The van der Waals surface area contributed by atoms with E-state index in [1.54, 1.807) is 24.0 Å². The zero-order valence-electron chi connectivity index (χ0n) is 19.7. The predicted molar refractivity (Wildman–Crippen MR) is 125 cm³/mol. The minimum Gasteiger partial charge on any atom is -0.453 e. The molecule has 3 aromatic rings. The maximum absolute atomic E-state index is 13.1. The van der Waals surface area contributed by atoms with Gasteiger partial charge in [-0.3, -0.25) is 9.59 Å². The molecule has 0 saturated carbocycles. The number of rotatable bonds is 6. The van der Waals surface area contributed by atoms with Crippen molar-refractivity contribution in [3.05, 3.63) is 51.9 Å². The maximum atomic E-state index is 13.1. The first-order valence-electron chi connectivity index (χ1n) is 11.2. The number of carbonyl (C=O) groups excluding carboxylic acids is 3. The summed E-state index contributed by atoms with van der Waals surface area (Å²) in [4.78, 5) is 51.7. The molecule has 4 rings (SSSR count). The Bertz CT molecular complexity index is 1300. The van der Waals surface area contributed by atoms with E-state index in [9.17, 15) is 19.2 Å². The molecule has 1 N–H and O–H groups in total.